The summed E-state index contributed by atoms with van der Waals surface area (Å²) in [4.78, 5) is 12.1. The van der Waals surface area contributed by atoms with Crippen LogP contribution in [0.25, 0.3) is 0 Å². The molecule has 1 heterocycles. The maximum absolute atomic E-state index is 12.1. The standard InChI is InChI=1S/C14H12N6O/c1-2-20-8-12(17)13(19-20)14(21)18-11-4-3-9(6-15)10(5-11)7-16/h3-5,8H,2,17H2,1H3,(H,18,21). The second-order valence-electron chi connectivity index (χ2n) is 4.23. The molecule has 0 fully saturated rings. The van der Waals surface area contributed by atoms with Gasteiger partial charge in [0, 0.05) is 18.4 Å². The summed E-state index contributed by atoms with van der Waals surface area (Å²) in [5.41, 5.74) is 6.99. The molecule has 0 spiro atoms. The number of nitrogens with one attached hydrogen (secondary N) is 1. The fraction of sp³-hybridized carbons (Fsp3) is 0.143. The largest absolute Gasteiger partial charge is 0.396 e. The van der Waals surface area contributed by atoms with Gasteiger partial charge in [0.1, 0.15) is 12.1 Å². The first-order chi connectivity index (χ1) is 10.1. The summed E-state index contributed by atoms with van der Waals surface area (Å²) in [6.45, 7) is 2.49. The molecular formula is C14H12N6O. The predicted octanol–water partition coefficient (Wildman–Crippen LogP) is 1.48. The molecule has 2 aromatic rings. The number of nitrogen functional groups attached to an aromatic ring is 1. The highest BCUT2D eigenvalue weighted by molar-refractivity contribution is 6.06. The number of aryl methyl sites for hydroxylation is 1. The number of anilines is 2. The van der Waals surface area contributed by atoms with Gasteiger partial charge in [-0.25, -0.2) is 0 Å². The monoisotopic (exact) mass is 280 g/mol. The summed E-state index contributed by atoms with van der Waals surface area (Å²) < 4.78 is 1.56. The van der Waals surface area contributed by atoms with Gasteiger partial charge in [-0.2, -0.15) is 15.6 Å². The molecular weight excluding hydrogens is 268 g/mol. The predicted molar refractivity (Wildman–Crippen MR) is 76.1 cm³/mol. The zero-order chi connectivity index (χ0) is 15.4. The van der Waals surface area contributed by atoms with E-state index in [-0.39, 0.29) is 22.5 Å². The van der Waals surface area contributed by atoms with Crippen LogP contribution in [0.15, 0.2) is 24.4 Å². The molecule has 0 aliphatic rings. The molecule has 21 heavy (non-hydrogen) atoms. The molecule has 0 aliphatic carbocycles. The molecule has 7 nitrogen and oxygen atoms in total. The molecule has 1 amide bonds. The van der Waals surface area contributed by atoms with Crippen molar-refractivity contribution in [3.63, 3.8) is 0 Å². The van der Waals surface area contributed by atoms with E-state index in [4.69, 9.17) is 16.3 Å². The van der Waals surface area contributed by atoms with E-state index in [2.05, 4.69) is 10.4 Å². The highest BCUT2D eigenvalue weighted by atomic mass is 16.2. The van der Waals surface area contributed by atoms with Crippen molar-refractivity contribution in [3.8, 4) is 12.1 Å². The number of rotatable bonds is 3. The number of hydrogen-bond acceptors (Lipinski definition) is 5. The number of carbonyl (C=O) groups excluding carboxylic acids is 1. The molecule has 0 saturated carbocycles. The topological polar surface area (TPSA) is 121 Å². The maximum atomic E-state index is 12.1. The number of amides is 1. The zero-order valence-electron chi connectivity index (χ0n) is 11.3. The molecule has 1 aromatic heterocycles. The van der Waals surface area contributed by atoms with Crippen LogP contribution in [0, 0.1) is 22.7 Å². The number of nitrogens with two attached hydrogens (primary N) is 1. The van der Waals surface area contributed by atoms with Crippen molar-refractivity contribution < 1.29 is 4.79 Å². The van der Waals surface area contributed by atoms with Gasteiger partial charge in [-0.1, -0.05) is 0 Å². The quantitative estimate of drug-likeness (QED) is 0.882. The summed E-state index contributed by atoms with van der Waals surface area (Å²) in [6.07, 6.45) is 1.58. The molecule has 0 atom stereocenters. The molecule has 1 aromatic carbocycles. The van der Waals surface area contributed by atoms with Gasteiger partial charge in [-0.15, -0.1) is 0 Å². The van der Waals surface area contributed by atoms with E-state index in [9.17, 15) is 4.79 Å². The number of nitrogens with zero attached hydrogens (tertiary/aromatic N) is 4. The van der Waals surface area contributed by atoms with Gasteiger partial charge in [-0.05, 0) is 25.1 Å². The Bertz CT molecular complexity index is 778. The Kier molecular flexibility index (Phi) is 3.87. The Morgan fingerprint density at radius 1 is 1.38 bits per heavy atom. The first kappa shape index (κ1) is 14.1. The summed E-state index contributed by atoms with van der Waals surface area (Å²) in [5, 5.41) is 24.5. The van der Waals surface area contributed by atoms with Crippen molar-refractivity contribution in [3.05, 3.63) is 41.2 Å². The molecule has 0 saturated heterocycles. The van der Waals surface area contributed by atoms with Gasteiger partial charge >= 0.3 is 0 Å². The first-order valence-electron chi connectivity index (χ1n) is 6.17. The van der Waals surface area contributed by atoms with Crippen molar-refractivity contribution >= 4 is 17.3 Å². The second-order valence-corrected chi connectivity index (χ2v) is 4.23. The number of benzene rings is 1. The average Bonchev–Trinajstić information content (AvgIpc) is 2.88. The minimum absolute atomic E-state index is 0.125. The Hall–Kier alpha value is -3.32. The Balaban J connectivity index is 2.26. The van der Waals surface area contributed by atoms with E-state index < -0.39 is 5.91 Å². The molecule has 0 bridgehead atoms. The Labute approximate surface area is 121 Å². The molecule has 2 rings (SSSR count). The normalized spacial score (nSPS) is 9.67. The van der Waals surface area contributed by atoms with Gasteiger partial charge in [-0.3, -0.25) is 9.48 Å². The lowest BCUT2D eigenvalue weighted by molar-refractivity contribution is 0.102. The highest BCUT2D eigenvalue weighted by Crippen LogP contribution is 2.17. The summed E-state index contributed by atoms with van der Waals surface area (Å²) in [5.74, 6) is -0.465. The summed E-state index contributed by atoms with van der Waals surface area (Å²) in [7, 11) is 0. The smallest absolute Gasteiger partial charge is 0.278 e. The van der Waals surface area contributed by atoms with E-state index >= 15 is 0 Å². The van der Waals surface area contributed by atoms with E-state index in [1.54, 1.807) is 16.9 Å². The van der Waals surface area contributed by atoms with Crippen LogP contribution in [0.4, 0.5) is 11.4 Å². The molecule has 0 unspecified atom stereocenters. The van der Waals surface area contributed by atoms with Gasteiger partial charge < -0.3 is 11.1 Å². The van der Waals surface area contributed by atoms with Crippen LogP contribution in [0.2, 0.25) is 0 Å². The zero-order valence-corrected chi connectivity index (χ0v) is 11.3. The van der Waals surface area contributed by atoms with Crippen molar-refractivity contribution in [2.24, 2.45) is 0 Å². The fourth-order valence-corrected chi connectivity index (χ4v) is 1.78. The number of hydrogen-bond donors (Lipinski definition) is 2. The minimum Gasteiger partial charge on any atom is -0.396 e. The van der Waals surface area contributed by atoms with Crippen molar-refractivity contribution in [1.82, 2.24) is 9.78 Å². The third-order valence-corrected chi connectivity index (χ3v) is 2.85. The number of nitriles is 2. The van der Waals surface area contributed by atoms with Gasteiger partial charge in [0.2, 0.25) is 0 Å². The van der Waals surface area contributed by atoms with Crippen LogP contribution in [0.5, 0.6) is 0 Å². The molecule has 7 heteroatoms. The van der Waals surface area contributed by atoms with Crippen LogP contribution < -0.4 is 11.1 Å². The number of carbonyl (C=O) groups is 1. The Morgan fingerprint density at radius 3 is 2.67 bits per heavy atom. The molecule has 3 N–H and O–H groups in total. The lowest BCUT2D eigenvalue weighted by Crippen LogP contribution is -2.15. The summed E-state index contributed by atoms with van der Waals surface area (Å²) >= 11 is 0. The van der Waals surface area contributed by atoms with Crippen molar-refractivity contribution in [2.75, 3.05) is 11.1 Å². The maximum Gasteiger partial charge on any atom is 0.278 e. The Morgan fingerprint density at radius 2 is 2.10 bits per heavy atom. The van der Waals surface area contributed by atoms with Crippen LogP contribution in [0.1, 0.15) is 28.5 Å². The summed E-state index contributed by atoms with van der Waals surface area (Å²) in [6, 6.07) is 8.27. The highest BCUT2D eigenvalue weighted by Gasteiger charge is 2.15. The van der Waals surface area contributed by atoms with E-state index in [0.717, 1.165) is 0 Å². The third-order valence-electron chi connectivity index (χ3n) is 2.85. The average molecular weight is 280 g/mol. The molecule has 0 aliphatic heterocycles. The van der Waals surface area contributed by atoms with Crippen LogP contribution in [-0.4, -0.2) is 15.7 Å². The molecule has 0 radical (unpaired) electrons. The lowest BCUT2D eigenvalue weighted by Gasteiger charge is -2.05. The lowest BCUT2D eigenvalue weighted by atomic mass is 10.1. The second kappa shape index (κ2) is 5.76. The number of aromatic nitrogens is 2. The van der Waals surface area contributed by atoms with E-state index in [1.165, 1.54) is 12.1 Å². The van der Waals surface area contributed by atoms with Crippen molar-refractivity contribution in [1.29, 1.82) is 10.5 Å². The van der Waals surface area contributed by atoms with Crippen molar-refractivity contribution in [2.45, 2.75) is 13.5 Å². The van der Waals surface area contributed by atoms with E-state index in [0.29, 0.717) is 12.2 Å². The van der Waals surface area contributed by atoms with Gasteiger partial charge in [0.15, 0.2) is 5.69 Å². The van der Waals surface area contributed by atoms with Gasteiger partial charge in [0.25, 0.3) is 5.91 Å². The van der Waals surface area contributed by atoms with Crippen LogP contribution in [-0.2, 0) is 6.54 Å². The molecule has 104 valence electrons. The third kappa shape index (κ3) is 2.82. The first-order valence-corrected chi connectivity index (χ1v) is 6.17. The van der Waals surface area contributed by atoms with Gasteiger partial charge in [0.05, 0.1) is 16.8 Å². The van der Waals surface area contributed by atoms with Crippen LogP contribution >= 0.6 is 0 Å². The van der Waals surface area contributed by atoms with Crippen LogP contribution in [0.3, 0.4) is 0 Å². The van der Waals surface area contributed by atoms with E-state index in [1.807, 2.05) is 19.1 Å². The fourth-order valence-electron chi connectivity index (χ4n) is 1.78. The SMILES string of the molecule is CCn1cc(N)c(C(=O)Nc2ccc(C#N)c(C#N)c2)n1. The minimum atomic E-state index is -0.465.